The minimum Gasteiger partial charge on any atom is -0.0772 e. The molecule has 0 aromatic heterocycles. The van der Waals surface area contributed by atoms with E-state index in [9.17, 15) is 0 Å². The molecule has 0 aliphatic heterocycles. The summed E-state index contributed by atoms with van der Waals surface area (Å²) in [4.78, 5) is 0. The van der Waals surface area contributed by atoms with Crippen LogP contribution in [0.2, 0.25) is 12.1 Å². The Balaban J connectivity index is 3.94. The predicted molar refractivity (Wildman–Crippen MR) is 68.0 cm³/mol. The van der Waals surface area contributed by atoms with Crippen molar-refractivity contribution in [3.05, 3.63) is 0 Å². The van der Waals surface area contributed by atoms with E-state index in [-0.39, 0.29) is 0 Å². The molecule has 1 heteroatoms. The lowest BCUT2D eigenvalue weighted by atomic mass is 9.51. The van der Waals surface area contributed by atoms with Crippen molar-refractivity contribution >= 4 is 7.28 Å². The highest BCUT2D eigenvalue weighted by molar-refractivity contribution is 6.37. The maximum Gasteiger partial charge on any atom is 0.114 e. The van der Waals surface area contributed by atoms with Gasteiger partial charge in [-0.3, -0.25) is 0 Å². The second-order valence-electron chi connectivity index (χ2n) is 5.76. The van der Waals surface area contributed by atoms with E-state index in [0.717, 1.165) is 29.5 Å². The van der Waals surface area contributed by atoms with Crippen LogP contribution in [0, 0.1) is 23.7 Å². The third-order valence-electron chi connectivity index (χ3n) is 3.46. The Morgan fingerprint density at radius 1 is 0.714 bits per heavy atom. The zero-order valence-corrected chi connectivity index (χ0v) is 11.2. The molecule has 0 saturated carbocycles. The van der Waals surface area contributed by atoms with Crippen LogP contribution in [0.5, 0.6) is 0 Å². The largest absolute Gasteiger partial charge is 0.114 e. The molecule has 0 aromatic carbocycles. The number of hydrogen-bond acceptors (Lipinski definition) is 0. The first-order chi connectivity index (χ1) is 6.36. The maximum absolute atomic E-state index is 2.56. The normalized spacial score (nSPS) is 14.5. The van der Waals surface area contributed by atoms with Gasteiger partial charge in [-0.25, -0.2) is 0 Å². The second kappa shape index (κ2) is 6.53. The summed E-state index contributed by atoms with van der Waals surface area (Å²) in [6.07, 6.45) is 1.28. The van der Waals surface area contributed by atoms with E-state index in [1.165, 1.54) is 6.32 Å². The highest BCUT2D eigenvalue weighted by Gasteiger charge is 2.19. The van der Waals surface area contributed by atoms with E-state index in [2.05, 4.69) is 55.7 Å². The van der Waals surface area contributed by atoms with Crippen LogP contribution in [0.3, 0.4) is 0 Å². The van der Waals surface area contributed by atoms with Gasteiger partial charge in [0.05, 0.1) is 0 Å². The molecule has 1 atom stereocenters. The first-order valence-electron chi connectivity index (χ1n) is 6.19. The second-order valence-corrected chi connectivity index (χ2v) is 5.76. The Labute approximate surface area is 92.1 Å². The fourth-order valence-corrected chi connectivity index (χ4v) is 1.96. The fourth-order valence-electron chi connectivity index (χ4n) is 1.96. The van der Waals surface area contributed by atoms with Crippen LogP contribution in [0.25, 0.3) is 0 Å². The summed E-state index contributed by atoms with van der Waals surface area (Å²) in [6.45, 7) is 16.3. The van der Waals surface area contributed by atoms with Crippen LogP contribution in [0.4, 0.5) is 0 Å². The first-order valence-corrected chi connectivity index (χ1v) is 6.19. The van der Waals surface area contributed by atoms with Gasteiger partial charge in [-0.05, 0) is 11.8 Å². The molecule has 0 rings (SSSR count). The molecule has 0 aliphatic carbocycles. The average Bonchev–Trinajstić information content (AvgIpc) is 2.02. The fraction of sp³-hybridized carbons (Fsp3) is 1.00. The van der Waals surface area contributed by atoms with Gasteiger partial charge < -0.3 is 0 Å². The quantitative estimate of drug-likeness (QED) is 0.547. The topological polar surface area (TPSA) is 0 Å². The van der Waals surface area contributed by atoms with Crippen molar-refractivity contribution in [3.8, 4) is 0 Å². The van der Waals surface area contributed by atoms with Crippen molar-refractivity contribution in [2.75, 3.05) is 0 Å². The zero-order valence-electron chi connectivity index (χ0n) is 11.2. The van der Waals surface area contributed by atoms with Crippen molar-refractivity contribution in [1.29, 1.82) is 0 Å². The minimum atomic E-state index is 0.786. The van der Waals surface area contributed by atoms with E-state index in [1.807, 2.05) is 0 Å². The van der Waals surface area contributed by atoms with Gasteiger partial charge in [-0.15, -0.1) is 0 Å². The van der Waals surface area contributed by atoms with Gasteiger partial charge in [0.15, 0.2) is 0 Å². The molecule has 0 N–H and O–H groups in total. The molecule has 14 heavy (non-hydrogen) atoms. The summed E-state index contributed by atoms with van der Waals surface area (Å²) in [5.74, 6) is 4.00. The average molecular weight is 195 g/mol. The van der Waals surface area contributed by atoms with E-state index in [1.54, 1.807) is 0 Å². The highest BCUT2D eigenvalue weighted by atomic mass is 14.1. The summed E-state index contributed by atoms with van der Waals surface area (Å²) in [5.41, 5.74) is 0. The third-order valence-corrected chi connectivity index (χ3v) is 3.46. The molecule has 0 spiro atoms. The van der Waals surface area contributed by atoms with Crippen LogP contribution in [-0.4, -0.2) is 7.28 Å². The Morgan fingerprint density at radius 2 is 1.14 bits per heavy atom. The van der Waals surface area contributed by atoms with Crippen molar-refractivity contribution in [2.45, 2.75) is 60.6 Å². The van der Waals surface area contributed by atoms with E-state index in [4.69, 9.17) is 0 Å². The summed E-state index contributed by atoms with van der Waals surface area (Å²) in [7, 11) is 2.56. The van der Waals surface area contributed by atoms with Crippen molar-refractivity contribution in [2.24, 2.45) is 23.7 Å². The van der Waals surface area contributed by atoms with Crippen LogP contribution < -0.4 is 0 Å². The smallest absolute Gasteiger partial charge is 0.0772 e. The van der Waals surface area contributed by atoms with Crippen molar-refractivity contribution in [1.82, 2.24) is 0 Å². The van der Waals surface area contributed by atoms with Crippen LogP contribution in [0.1, 0.15) is 48.5 Å². The lowest BCUT2D eigenvalue weighted by Crippen LogP contribution is -2.19. The molecule has 0 nitrogen and oxygen atoms in total. The van der Waals surface area contributed by atoms with Crippen molar-refractivity contribution < 1.29 is 0 Å². The molecule has 0 heterocycles. The lowest BCUT2D eigenvalue weighted by Gasteiger charge is -2.26. The highest BCUT2D eigenvalue weighted by Crippen LogP contribution is 2.28. The van der Waals surface area contributed by atoms with Gasteiger partial charge in [-0.1, -0.05) is 72.4 Å². The molecule has 1 radical (unpaired) electrons. The van der Waals surface area contributed by atoms with E-state index in [0.29, 0.717) is 0 Å². The Morgan fingerprint density at radius 3 is 1.43 bits per heavy atom. The predicted octanol–water partition coefficient (Wildman–Crippen LogP) is 4.50. The molecule has 1 unspecified atom stereocenters. The number of rotatable bonds is 6. The van der Waals surface area contributed by atoms with Crippen molar-refractivity contribution in [3.63, 3.8) is 0 Å². The summed E-state index contributed by atoms with van der Waals surface area (Å²) >= 11 is 0. The van der Waals surface area contributed by atoms with Gasteiger partial charge in [0, 0.05) is 0 Å². The maximum atomic E-state index is 2.56. The third kappa shape index (κ3) is 5.07. The molecular formula is C13H28B. The molecular weight excluding hydrogens is 167 g/mol. The summed E-state index contributed by atoms with van der Waals surface area (Å²) < 4.78 is 0. The van der Waals surface area contributed by atoms with Gasteiger partial charge in [0.25, 0.3) is 0 Å². The molecule has 0 bridgehead atoms. The van der Waals surface area contributed by atoms with E-state index >= 15 is 0 Å². The monoisotopic (exact) mass is 195 g/mol. The minimum absolute atomic E-state index is 0.786. The Kier molecular flexibility index (Phi) is 6.56. The molecule has 83 valence electrons. The Bertz CT molecular complexity index is 130. The lowest BCUT2D eigenvalue weighted by molar-refractivity contribution is 0.434. The van der Waals surface area contributed by atoms with Gasteiger partial charge in [0.1, 0.15) is 7.28 Å². The molecule has 0 amide bonds. The van der Waals surface area contributed by atoms with Crippen LogP contribution in [-0.2, 0) is 0 Å². The Hall–Kier alpha value is 0.0649. The van der Waals surface area contributed by atoms with Gasteiger partial charge in [0.2, 0.25) is 0 Å². The SMILES string of the molecule is CC(C)C(C)C[B]C(C(C)C)C(C)C. The summed E-state index contributed by atoms with van der Waals surface area (Å²) in [6, 6.07) is 0. The molecule has 0 aromatic rings. The van der Waals surface area contributed by atoms with E-state index < -0.39 is 0 Å². The van der Waals surface area contributed by atoms with Crippen LogP contribution in [0.15, 0.2) is 0 Å². The zero-order chi connectivity index (χ0) is 11.3. The van der Waals surface area contributed by atoms with Gasteiger partial charge in [-0.2, -0.15) is 0 Å². The summed E-state index contributed by atoms with van der Waals surface area (Å²) in [5, 5.41) is 0. The van der Waals surface area contributed by atoms with Gasteiger partial charge >= 0.3 is 0 Å². The first kappa shape index (κ1) is 14.1. The standard InChI is InChI=1S/C13H28B/c1-9(2)12(7)8-14-13(10(3)4)11(5)6/h9-13H,8H2,1-7H3. The molecule has 0 fully saturated rings. The molecule has 0 saturated heterocycles. The molecule has 0 aliphatic rings. The van der Waals surface area contributed by atoms with Crippen LogP contribution >= 0.6 is 0 Å². The number of hydrogen-bond donors (Lipinski definition) is 0.